The Kier molecular flexibility index (Phi) is 12.9. The highest BCUT2D eigenvalue weighted by Crippen LogP contribution is 2.43. The number of rotatable bonds is 13. The van der Waals surface area contributed by atoms with Crippen molar-refractivity contribution in [2.75, 3.05) is 99.8 Å². The average Bonchev–Trinajstić information content (AvgIpc) is 3.90. The third kappa shape index (κ3) is 9.48. The molecule has 0 saturated carbocycles. The lowest BCUT2D eigenvalue weighted by molar-refractivity contribution is -0.136. The first-order chi connectivity index (χ1) is 35.2. The summed E-state index contributed by atoms with van der Waals surface area (Å²) in [4.78, 5) is 79.9. The molecule has 8 heterocycles. The molecular formula is C51H56ClN14O6P. The fraction of sp³-hybridized carbons (Fsp3) is 0.392. The fourth-order valence-corrected chi connectivity index (χ4v) is 12.4. The van der Waals surface area contributed by atoms with Crippen LogP contribution in [0.2, 0.25) is 5.02 Å². The molecule has 3 aromatic carbocycles. The van der Waals surface area contributed by atoms with Gasteiger partial charge in [0.15, 0.2) is 5.82 Å². The van der Waals surface area contributed by atoms with Gasteiger partial charge in [-0.2, -0.15) is 10.1 Å². The number of amides is 4. The molecule has 5 aliphatic rings. The largest absolute Gasteiger partial charge is 0.494 e. The number of ether oxygens (including phenoxy) is 1. The van der Waals surface area contributed by atoms with Crippen molar-refractivity contribution in [3.63, 3.8) is 0 Å². The molecule has 6 aromatic rings. The number of likely N-dealkylation sites (tertiary alicyclic amines) is 1. The van der Waals surface area contributed by atoms with E-state index in [4.69, 9.17) is 21.3 Å². The lowest BCUT2D eigenvalue weighted by Gasteiger charge is -2.49. The topological polar surface area (TPSA) is 216 Å². The van der Waals surface area contributed by atoms with Crippen molar-refractivity contribution in [2.45, 2.75) is 37.8 Å². The van der Waals surface area contributed by atoms with E-state index in [1.165, 1.54) is 6.20 Å². The highest BCUT2D eigenvalue weighted by molar-refractivity contribution is 7.71. The maximum Gasteiger partial charge on any atom is 0.262 e. The van der Waals surface area contributed by atoms with Crippen molar-refractivity contribution < 1.29 is 28.5 Å². The molecule has 378 valence electrons. The molecule has 4 fully saturated rings. The van der Waals surface area contributed by atoms with Crippen molar-refractivity contribution in [3.05, 3.63) is 89.6 Å². The second-order valence-corrected chi connectivity index (χ2v) is 23.4. The van der Waals surface area contributed by atoms with Crippen LogP contribution in [0.4, 0.5) is 34.5 Å². The number of hydrogen-bond donors (Lipinski definition) is 3. The number of aromatic nitrogens is 6. The summed E-state index contributed by atoms with van der Waals surface area (Å²) in [5.74, 6) is -0.147. The smallest absolute Gasteiger partial charge is 0.262 e. The number of hydrogen-bond acceptors (Lipinski definition) is 17. The molecule has 20 nitrogen and oxygen atoms in total. The zero-order valence-electron chi connectivity index (χ0n) is 41.0. The van der Waals surface area contributed by atoms with Gasteiger partial charge in [-0.25, -0.2) is 4.98 Å². The second-order valence-electron chi connectivity index (χ2n) is 19.9. The predicted molar refractivity (Wildman–Crippen MR) is 279 cm³/mol. The number of methoxy groups -OCH3 is 1. The quantitative estimate of drug-likeness (QED) is 0.0983. The lowest BCUT2D eigenvalue weighted by atomic mass is 9.93. The first-order valence-electron chi connectivity index (χ1n) is 24.6. The van der Waals surface area contributed by atoms with Gasteiger partial charge in [0.1, 0.15) is 29.5 Å². The van der Waals surface area contributed by atoms with Gasteiger partial charge in [0.2, 0.25) is 17.8 Å². The molecule has 22 heteroatoms. The lowest BCUT2D eigenvalue weighted by Crippen LogP contribution is -2.61. The van der Waals surface area contributed by atoms with Gasteiger partial charge < -0.3 is 29.7 Å². The number of imide groups is 2. The van der Waals surface area contributed by atoms with E-state index in [9.17, 15) is 23.7 Å². The van der Waals surface area contributed by atoms with Crippen LogP contribution in [0.3, 0.4) is 0 Å². The van der Waals surface area contributed by atoms with Crippen LogP contribution in [-0.4, -0.2) is 159 Å². The van der Waals surface area contributed by atoms with Crippen LogP contribution < -0.4 is 35.8 Å². The van der Waals surface area contributed by atoms with E-state index in [-0.39, 0.29) is 23.8 Å². The molecule has 1 atom stereocenters. The van der Waals surface area contributed by atoms with Crippen molar-refractivity contribution in [1.82, 2.24) is 49.7 Å². The van der Waals surface area contributed by atoms with Crippen LogP contribution in [0.25, 0.3) is 22.2 Å². The molecule has 0 bridgehead atoms. The number of piperazine rings is 1. The van der Waals surface area contributed by atoms with Crippen LogP contribution in [-0.2, 0) is 21.2 Å². The number of aryl methyl sites for hydroxylation is 1. The summed E-state index contributed by atoms with van der Waals surface area (Å²) in [6.07, 6.45) is 11.1. The monoisotopic (exact) mass is 1030 g/mol. The Bertz CT molecular complexity index is 3230. The molecule has 0 aliphatic carbocycles. The number of fused-ring (bicyclic) bond motifs is 2. The number of carbonyl (C=O) groups is 4. The Morgan fingerprint density at radius 2 is 1.59 bits per heavy atom. The molecule has 0 radical (unpaired) electrons. The number of carbonyl (C=O) groups excluding carboxylic acids is 4. The number of benzene rings is 3. The normalized spacial score (nSPS) is 19.4. The highest BCUT2D eigenvalue weighted by Gasteiger charge is 2.45. The van der Waals surface area contributed by atoms with E-state index < -0.39 is 36.8 Å². The third-order valence-electron chi connectivity index (χ3n) is 14.8. The van der Waals surface area contributed by atoms with Crippen LogP contribution >= 0.6 is 18.7 Å². The van der Waals surface area contributed by atoms with Gasteiger partial charge in [0.25, 0.3) is 11.8 Å². The summed E-state index contributed by atoms with van der Waals surface area (Å²) >= 11 is 6.67. The molecule has 0 spiro atoms. The molecule has 73 heavy (non-hydrogen) atoms. The third-order valence-corrected chi connectivity index (χ3v) is 16.6. The summed E-state index contributed by atoms with van der Waals surface area (Å²) in [5, 5.41) is 14.3. The van der Waals surface area contributed by atoms with E-state index in [2.05, 4.69) is 67.7 Å². The molecule has 1 unspecified atom stereocenters. The number of halogens is 1. The Balaban J connectivity index is 0.707. The SMILES string of the molecule is COc1cc(N2CCN(CC3CCN(C4CN(c5ccc6c(c5)C(=O)N(C5CCC(=O)NC5=O)C6=O)C4)CC3)CC2)c(-c2cnn(C)c2)cc1Nc1ncc(Cl)c(Nc2ccc3nccnc3c2P(C)(C)=O)n1. The summed E-state index contributed by atoms with van der Waals surface area (Å²) in [6, 6.07) is 12.5. The molecule has 4 saturated heterocycles. The summed E-state index contributed by atoms with van der Waals surface area (Å²) in [5.41, 5.74) is 6.89. The van der Waals surface area contributed by atoms with Crippen LogP contribution in [0.1, 0.15) is 46.4 Å². The fourth-order valence-electron chi connectivity index (χ4n) is 10.9. The van der Waals surface area contributed by atoms with Gasteiger partial charge in [-0.1, -0.05) is 11.6 Å². The summed E-state index contributed by atoms with van der Waals surface area (Å²) < 4.78 is 21.4. The minimum atomic E-state index is -2.84. The Morgan fingerprint density at radius 1 is 0.822 bits per heavy atom. The van der Waals surface area contributed by atoms with Crippen molar-refractivity contribution in [1.29, 1.82) is 0 Å². The highest BCUT2D eigenvalue weighted by atomic mass is 35.5. The van der Waals surface area contributed by atoms with E-state index in [0.717, 1.165) is 99.1 Å². The van der Waals surface area contributed by atoms with Gasteiger partial charge in [-0.15, -0.1) is 0 Å². The first-order valence-corrected chi connectivity index (χ1v) is 27.6. The zero-order valence-corrected chi connectivity index (χ0v) is 42.7. The molecule has 11 rings (SSSR count). The van der Waals surface area contributed by atoms with E-state index in [0.29, 0.717) is 62.4 Å². The van der Waals surface area contributed by atoms with Gasteiger partial charge in [-0.3, -0.25) is 53.8 Å². The predicted octanol–water partition coefficient (Wildman–Crippen LogP) is 5.34. The van der Waals surface area contributed by atoms with E-state index in [1.54, 1.807) is 49.6 Å². The standard InChI is InChI=1S/C51H56ClN14O6P/c1-61-27-31(24-56-61)35-22-40(58-51-55-25-37(52)47(60-51)57-39-8-7-38-45(54-14-13-53-38)46(39)73(3,4)71)43(72-2)23-42(35)64-19-17-62(18-20-64)26-30-11-15-63(16-12-30)33-28-65(29-33)32-5-6-34-36(21-32)50(70)66(49(34)69)41-9-10-44(67)59-48(41)68/h5-8,13-14,21-25,27,30,33,41H,9-12,15-20,26,28-29H2,1-4H3,(H,59,67,68)(H2,55,57,58,60). The number of nitrogens with zero attached hydrogens (tertiary/aromatic N) is 11. The van der Waals surface area contributed by atoms with E-state index >= 15 is 0 Å². The molecular weight excluding hydrogens is 971 g/mol. The maximum atomic E-state index is 13.6. The minimum Gasteiger partial charge on any atom is -0.494 e. The summed E-state index contributed by atoms with van der Waals surface area (Å²) in [6.45, 7) is 11.8. The van der Waals surface area contributed by atoms with Gasteiger partial charge in [0.05, 0.1) is 52.8 Å². The van der Waals surface area contributed by atoms with Crippen molar-refractivity contribution in [2.24, 2.45) is 13.0 Å². The van der Waals surface area contributed by atoms with Gasteiger partial charge in [0, 0.05) is 112 Å². The number of anilines is 6. The van der Waals surface area contributed by atoms with Gasteiger partial charge >= 0.3 is 0 Å². The second kappa shape index (κ2) is 19.5. The molecule has 5 aliphatic heterocycles. The van der Waals surface area contributed by atoms with Crippen molar-refractivity contribution >= 4 is 93.2 Å². The summed E-state index contributed by atoms with van der Waals surface area (Å²) in [7, 11) is 0.712. The first kappa shape index (κ1) is 48.3. The average molecular weight is 1030 g/mol. The zero-order chi connectivity index (χ0) is 50.7. The molecule has 3 aromatic heterocycles. The molecule has 4 amide bonds. The molecule has 3 N–H and O–H groups in total. The van der Waals surface area contributed by atoms with Gasteiger partial charge in [-0.05, 0) is 88.0 Å². The number of piperidine rings is 2. The van der Waals surface area contributed by atoms with Crippen LogP contribution in [0.15, 0.2) is 73.4 Å². The number of nitrogens with one attached hydrogen (secondary N) is 3. The van der Waals surface area contributed by atoms with Crippen LogP contribution in [0.5, 0.6) is 5.75 Å². The van der Waals surface area contributed by atoms with Crippen molar-refractivity contribution in [3.8, 4) is 16.9 Å². The maximum absolute atomic E-state index is 13.6. The van der Waals surface area contributed by atoms with Crippen LogP contribution in [0, 0.1) is 5.92 Å². The Morgan fingerprint density at radius 3 is 2.32 bits per heavy atom. The minimum absolute atomic E-state index is 0.0883. The Labute approximate surface area is 426 Å². The van der Waals surface area contributed by atoms with E-state index in [1.807, 2.05) is 37.6 Å². The Hall–Kier alpha value is -6.99.